The van der Waals surface area contributed by atoms with Gasteiger partial charge in [-0.05, 0) is 37.0 Å². The number of amides is 2. The summed E-state index contributed by atoms with van der Waals surface area (Å²) in [5, 5.41) is 17.9. The number of likely N-dealkylation sites (tertiary alicyclic amines) is 1. The van der Waals surface area contributed by atoms with E-state index < -0.39 is 4.92 Å². The van der Waals surface area contributed by atoms with E-state index >= 15 is 0 Å². The maximum absolute atomic E-state index is 12.7. The number of hydrogen-bond acceptors (Lipinski definition) is 5. The second-order valence-corrected chi connectivity index (χ2v) is 6.59. The Bertz CT molecular complexity index is 838. The highest BCUT2D eigenvalue weighted by Crippen LogP contribution is 2.19. The average Bonchev–Trinajstić information content (AvgIpc) is 3.16. The van der Waals surface area contributed by atoms with Crippen LogP contribution >= 0.6 is 0 Å². The molecule has 2 amide bonds. The van der Waals surface area contributed by atoms with Crippen molar-refractivity contribution in [3.8, 4) is 5.69 Å². The summed E-state index contributed by atoms with van der Waals surface area (Å²) < 4.78 is 1.53. The number of hydrogen-bond donors (Lipinski definition) is 1. The molecule has 0 atom stereocenters. The van der Waals surface area contributed by atoms with Crippen LogP contribution in [-0.4, -0.2) is 51.1 Å². The number of carbonyl (C=O) groups is 2. The third-order valence-electron chi connectivity index (χ3n) is 4.67. The summed E-state index contributed by atoms with van der Waals surface area (Å²) in [4.78, 5) is 35.7. The monoisotopic (exact) mass is 371 g/mol. The third-order valence-corrected chi connectivity index (χ3v) is 4.67. The molecule has 0 spiro atoms. The molecule has 3 rings (SSSR count). The molecule has 0 aliphatic carbocycles. The van der Waals surface area contributed by atoms with Crippen molar-refractivity contribution in [3.63, 3.8) is 0 Å². The van der Waals surface area contributed by atoms with Crippen LogP contribution in [0.2, 0.25) is 0 Å². The highest BCUT2D eigenvalue weighted by atomic mass is 16.6. The minimum Gasteiger partial charge on any atom is -0.356 e. The van der Waals surface area contributed by atoms with Crippen molar-refractivity contribution < 1.29 is 14.5 Å². The molecule has 9 nitrogen and oxygen atoms in total. The number of non-ortho nitro benzene ring substituents is 1. The van der Waals surface area contributed by atoms with Gasteiger partial charge in [-0.2, -0.15) is 5.10 Å². The van der Waals surface area contributed by atoms with Gasteiger partial charge in [0.15, 0.2) is 5.69 Å². The Morgan fingerprint density at radius 2 is 1.89 bits per heavy atom. The molecule has 1 aliphatic heterocycles. The number of nitro groups is 1. The van der Waals surface area contributed by atoms with Crippen molar-refractivity contribution in [2.45, 2.75) is 19.8 Å². The fraction of sp³-hybridized carbons (Fsp3) is 0.389. The topological polar surface area (TPSA) is 110 Å². The standard InChI is InChI=1S/C18H21N5O4/c1-13(24)19-12-14-6-9-21(10-7-14)18(25)17-8-11-22(20-17)15-2-4-16(5-3-15)23(26)27/h2-5,8,11,14H,6-7,9-10,12H2,1H3,(H,19,24). The lowest BCUT2D eigenvalue weighted by atomic mass is 9.96. The number of nitro benzene ring substituents is 1. The summed E-state index contributed by atoms with van der Waals surface area (Å²) in [6.07, 6.45) is 3.35. The van der Waals surface area contributed by atoms with Gasteiger partial charge in [0.05, 0.1) is 10.6 Å². The Morgan fingerprint density at radius 1 is 1.22 bits per heavy atom. The predicted molar refractivity (Wildman–Crippen MR) is 97.5 cm³/mol. The molecule has 9 heteroatoms. The molecule has 1 fully saturated rings. The molecule has 1 aliphatic rings. The fourth-order valence-electron chi connectivity index (χ4n) is 3.10. The van der Waals surface area contributed by atoms with Crippen LogP contribution < -0.4 is 5.32 Å². The Kier molecular flexibility index (Phi) is 5.49. The first-order chi connectivity index (χ1) is 12.9. The van der Waals surface area contributed by atoms with Crippen LogP contribution in [0, 0.1) is 16.0 Å². The van der Waals surface area contributed by atoms with Gasteiger partial charge in [0.1, 0.15) is 0 Å². The van der Waals surface area contributed by atoms with E-state index in [0.29, 0.717) is 36.9 Å². The zero-order chi connectivity index (χ0) is 19.4. The number of nitrogens with zero attached hydrogens (tertiary/aromatic N) is 4. The minimum atomic E-state index is -0.461. The number of carbonyl (C=O) groups excluding carboxylic acids is 2. The average molecular weight is 371 g/mol. The van der Waals surface area contributed by atoms with Gasteiger partial charge in [-0.3, -0.25) is 19.7 Å². The lowest BCUT2D eigenvalue weighted by molar-refractivity contribution is -0.384. The molecule has 1 aromatic heterocycles. The fourth-order valence-corrected chi connectivity index (χ4v) is 3.10. The van der Waals surface area contributed by atoms with E-state index in [2.05, 4.69) is 10.4 Å². The van der Waals surface area contributed by atoms with Gasteiger partial charge in [0.2, 0.25) is 5.91 Å². The van der Waals surface area contributed by atoms with Crippen LogP contribution in [0.15, 0.2) is 36.5 Å². The zero-order valence-electron chi connectivity index (χ0n) is 15.0. The van der Waals surface area contributed by atoms with Crippen molar-refractivity contribution in [1.29, 1.82) is 0 Å². The van der Waals surface area contributed by atoms with E-state index in [-0.39, 0.29) is 17.5 Å². The van der Waals surface area contributed by atoms with Crippen LogP contribution in [0.5, 0.6) is 0 Å². The molecule has 142 valence electrons. The summed E-state index contributed by atoms with van der Waals surface area (Å²) in [5.74, 6) is 0.217. The number of benzene rings is 1. The van der Waals surface area contributed by atoms with Crippen molar-refractivity contribution in [3.05, 3.63) is 52.3 Å². The Morgan fingerprint density at radius 3 is 2.48 bits per heavy atom. The van der Waals surface area contributed by atoms with E-state index in [4.69, 9.17) is 0 Å². The first-order valence-corrected chi connectivity index (χ1v) is 8.78. The predicted octanol–water partition coefficient (Wildman–Crippen LogP) is 1.77. The van der Waals surface area contributed by atoms with Gasteiger partial charge in [-0.25, -0.2) is 4.68 Å². The van der Waals surface area contributed by atoms with E-state index in [1.165, 1.54) is 23.7 Å². The summed E-state index contributed by atoms with van der Waals surface area (Å²) in [7, 11) is 0. The van der Waals surface area contributed by atoms with Crippen LogP contribution in [0.4, 0.5) is 5.69 Å². The highest BCUT2D eigenvalue weighted by Gasteiger charge is 2.25. The molecule has 0 saturated carbocycles. The third kappa shape index (κ3) is 4.49. The van der Waals surface area contributed by atoms with Crippen molar-refractivity contribution in [2.75, 3.05) is 19.6 Å². The van der Waals surface area contributed by atoms with Crippen molar-refractivity contribution in [2.24, 2.45) is 5.92 Å². The van der Waals surface area contributed by atoms with Gasteiger partial charge >= 0.3 is 0 Å². The molecule has 0 bridgehead atoms. The largest absolute Gasteiger partial charge is 0.356 e. The SMILES string of the molecule is CC(=O)NCC1CCN(C(=O)c2ccn(-c3ccc([N+](=O)[O-])cc3)n2)CC1. The number of aromatic nitrogens is 2. The van der Waals surface area contributed by atoms with E-state index in [9.17, 15) is 19.7 Å². The van der Waals surface area contributed by atoms with E-state index in [1.54, 1.807) is 29.3 Å². The molecule has 1 saturated heterocycles. The van der Waals surface area contributed by atoms with Gasteiger partial charge in [0.25, 0.3) is 11.6 Å². The first kappa shape index (κ1) is 18.6. The maximum Gasteiger partial charge on any atom is 0.274 e. The molecule has 1 N–H and O–H groups in total. The van der Waals surface area contributed by atoms with E-state index in [0.717, 1.165) is 12.8 Å². The van der Waals surface area contributed by atoms with Crippen LogP contribution in [0.1, 0.15) is 30.3 Å². The van der Waals surface area contributed by atoms with Gasteiger partial charge < -0.3 is 10.2 Å². The van der Waals surface area contributed by atoms with Crippen LogP contribution in [-0.2, 0) is 4.79 Å². The number of nitrogens with one attached hydrogen (secondary N) is 1. The van der Waals surface area contributed by atoms with E-state index in [1.807, 2.05) is 0 Å². The molecule has 2 aromatic rings. The van der Waals surface area contributed by atoms with Crippen molar-refractivity contribution >= 4 is 17.5 Å². The highest BCUT2D eigenvalue weighted by molar-refractivity contribution is 5.92. The van der Waals surface area contributed by atoms with Gasteiger partial charge in [-0.1, -0.05) is 0 Å². The lowest BCUT2D eigenvalue weighted by Gasteiger charge is -2.31. The second-order valence-electron chi connectivity index (χ2n) is 6.59. The molecular weight excluding hydrogens is 350 g/mol. The second kappa shape index (κ2) is 7.98. The maximum atomic E-state index is 12.7. The quantitative estimate of drug-likeness (QED) is 0.636. The summed E-state index contributed by atoms with van der Waals surface area (Å²) >= 11 is 0. The zero-order valence-corrected chi connectivity index (χ0v) is 15.0. The molecule has 0 unspecified atom stereocenters. The molecule has 2 heterocycles. The normalized spacial score (nSPS) is 14.8. The van der Waals surface area contributed by atoms with Gasteiger partial charge in [0, 0.05) is 44.9 Å². The van der Waals surface area contributed by atoms with Crippen LogP contribution in [0.25, 0.3) is 5.69 Å². The molecule has 0 radical (unpaired) electrons. The Labute approximate surface area is 156 Å². The van der Waals surface area contributed by atoms with Gasteiger partial charge in [-0.15, -0.1) is 0 Å². The summed E-state index contributed by atoms with van der Waals surface area (Å²) in [6, 6.07) is 7.63. The molecule has 1 aromatic carbocycles. The number of rotatable bonds is 5. The first-order valence-electron chi connectivity index (χ1n) is 8.78. The van der Waals surface area contributed by atoms with Crippen LogP contribution in [0.3, 0.4) is 0 Å². The smallest absolute Gasteiger partial charge is 0.274 e. The Balaban J connectivity index is 1.60. The number of piperidine rings is 1. The molecule has 27 heavy (non-hydrogen) atoms. The lowest BCUT2D eigenvalue weighted by Crippen LogP contribution is -2.41. The minimum absolute atomic E-state index is 0.00402. The summed E-state index contributed by atoms with van der Waals surface area (Å²) in [6.45, 7) is 3.41. The van der Waals surface area contributed by atoms with Crippen molar-refractivity contribution in [1.82, 2.24) is 20.0 Å². The Hall–Kier alpha value is -3.23. The summed E-state index contributed by atoms with van der Waals surface area (Å²) in [5.41, 5.74) is 0.992. The molecular formula is C18H21N5O4.